The number of esters is 1. The molecule has 3 aliphatic heterocycles. The van der Waals surface area contributed by atoms with Crippen molar-refractivity contribution in [1.82, 2.24) is 5.32 Å². The van der Waals surface area contributed by atoms with Gasteiger partial charge in [0.1, 0.15) is 36.4 Å². The molecular formula is C25H35NO11S. The van der Waals surface area contributed by atoms with Crippen molar-refractivity contribution in [3.05, 3.63) is 24.3 Å². The quantitative estimate of drug-likeness (QED) is 0.205. The van der Waals surface area contributed by atoms with Gasteiger partial charge >= 0.3 is 5.97 Å². The molecule has 1 N–H and O–H groups in total. The molecule has 13 heteroatoms. The van der Waals surface area contributed by atoms with E-state index in [0.717, 1.165) is 0 Å². The minimum atomic E-state index is -4.24. The number of hydrogen-bond donors (Lipinski definition) is 1. The van der Waals surface area contributed by atoms with E-state index in [1.165, 1.54) is 31.4 Å². The predicted octanol–water partition coefficient (Wildman–Crippen LogP) is 1.71. The fourth-order valence-corrected chi connectivity index (χ4v) is 5.14. The minimum absolute atomic E-state index is 0.141. The summed E-state index contributed by atoms with van der Waals surface area (Å²) >= 11 is 0. The van der Waals surface area contributed by atoms with E-state index in [1.807, 2.05) is 0 Å². The largest absolute Gasteiger partial charge is 0.426 e. The number of methoxy groups -OCH3 is 1. The lowest BCUT2D eigenvalue weighted by molar-refractivity contribution is -0.241. The number of β-lactam (4-membered cyclic amide) rings is 1. The Morgan fingerprint density at radius 3 is 2.37 bits per heavy atom. The van der Waals surface area contributed by atoms with Crippen LogP contribution in [0.5, 0.6) is 5.75 Å². The van der Waals surface area contributed by atoms with Crippen molar-refractivity contribution >= 4 is 22.0 Å². The summed E-state index contributed by atoms with van der Waals surface area (Å²) in [7, 11) is -2.75. The molecule has 1 aromatic carbocycles. The Morgan fingerprint density at radius 2 is 1.82 bits per heavy atom. The maximum absolute atomic E-state index is 13.0. The van der Waals surface area contributed by atoms with E-state index in [4.69, 9.17) is 32.6 Å². The predicted molar refractivity (Wildman–Crippen MR) is 130 cm³/mol. The highest BCUT2D eigenvalue weighted by molar-refractivity contribution is 7.86. The van der Waals surface area contributed by atoms with E-state index in [9.17, 15) is 18.0 Å². The lowest BCUT2D eigenvalue weighted by Gasteiger charge is -2.39. The molecule has 3 heterocycles. The van der Waals surface area contributed by atoms with Crippen molar-refractivity contribution in [2.75, 3.05) is 13.7 Å². The highest BCUT2D eigenvalue weighted by Crippen LogP contribution is 2.40. The zero-order valence-electron chi connectivity index (χ0n) is 22.5. The van der Waals surface area contributed by atoms with Crippen LogP contribution in [0.2, 0.25) is 0 Å². The number of benzene rings is 1. The van der Waals surface area contributed by atoms with Crippen molar-refractivity contribution in [1.29, 1.82) is 0 Å². The van der Waals surface area contributed by atoms with Crippen LogP contribution in [0.4, 0.5) is 0 Å². The molecule has 3 saturated heterocycles. The van der Waals surface area contributed by atoms with Gasteiger partial charge in [-0.25, -0.2) is 0 Å². The minimum Gasteiger partial charge on any atom is -0.426 e. The molecule has 7 atom stereocenters. The van der Waals surface area contributed by atoms with Crippen LogP contribution in [0, 0.1) is 11.3 Å². The summed E-state index contributed by atoms with van der Waals surface area (Å²) in [6.45, 7) is 9.90. The second-order valence-corrected chi connectivity index (χ2v) is 12.6. The summed E-state index contributed by atoms with van der Waals surface area (Å²) in [5, 5.41) is 2.64. The van der Waals surface area contributed by atoms with Gasteiger partial charge in [-0.05, 0) is 65.8 Å². The van der Waals surface area contributed by atoms with E-state index < -0.39 is 76.7 Å². The average molecular weight is 558 g/mol. The first kappa shape index (κ1) is 28.9. The van der Waals surface area contributed by atoms with Gasteiger partial charge in [0.15, 0.2) is 12.1 Å². The highest BCUT2D eigenvalue weighted by atomic mass is 32.2. The van der Waals surface area contributed by atoms with Crippen molar-refractivity contribution in [3.63, 3.8) is 0 Å². The van der Waals surface area contributed by atoms with Gasteiger partial charge in [-0.15, -0.1) is 0 Å². The molecule has 0 unspecified atom stereocenters. The van der Waals surface area contributed by atoms with Crippen LogP contribution in [0.15, 0.2) is 29.2 Å². The van der Waals surface area contributed by atoms with Crippen molar-refractivity contribution in [3.8, 4) is 5.75 Å². The lowest BCUT2D eigenvalue weighted by Crippen LogP contribution is -2.61. The maximum Gasteiger partial charge on any atom is 0.316 e. The SMILES string of the molecule is CO[C@@H]1[C@H]2OC(C)(C)O[C@H]2O[C@@H]1[C@@H](COS(=O)(=O)c1ccc(OC(=O)C(C)(C)C)cc1)O[C@H]1NC(=O)[C@H]1C. The van der Waals surface area contributed by atoms with E-state index >= 15 is 0 Å². The lowest BCUT2D eigenvalue weighted by atomic mass is 9.97. The summed E-state index contributed by atoms with van der Waals surface area (Å²) in [5.41, 5.74) is -0.715. The molecule has 0 aromatic heterocycles. The molecule has 212 valence electrons. The number of nitrogens with one attached hydrogen (secondary N) is 1. The average Bonchev–Trinajstić information content (AvgIpc) is 3.31. The van der Waals surface area contributed by atoms with Crippen molar-refractivity contribution < 1.29 is 50.6 Å². The van der Waals surface area contributed by atoms with Gasteiger partial charge in [0.05, 0.1) is 22.8 Å². The number of carbonyl (C=O) groups excluding carboxylic acids is 2. The zero-order chi connectivity index (χ0) is 28.0. The maximum atomic E-state index is 13.0. The van der Waals surface area contributed by atoms with Crippen LogP contribution in [0.25, 0.3) is 0 Å². The van der Waals surface area contributed by atoms with Crippen LogP contribution in [0.3, 0.4) is 0 Å². The van der Waals surface area contributed by atoms with Gasteiger partial charge in [0.25, 0.3) is 10.1 Å². The molecule has 0 bridgehead atoms. The van der Waals surface area contributed by atoms with Gasteiger partial charge < -0.3 is 33.7 Å². The van der Waals surface area contributed by atoms with E-state index in [-0.39, 0.29) is 16.6 Å². The van der Waals surface area contributed by atoms with Crippen LogP contribution in [-0.4, -0.2) is 76.7 Å². The normalized spacial score (nSPS) is 31.3. The third kappa shape index (κ3) is 6.03. The molecule has 3 fully saturated rings. The Bertz CT molecular complexity index is 1140. The number of amides is 1. The number of hydrogen-bond acceptors (Lipinski definition) is 11. The number of fused-ring (bicyclic) bond motifs is 1. The van der Waals surface area contributed by atoms with Crippen LogP contribution < -0.4 is 10.1 Å². The van der Waals surface area contributed by atoms with E-state index in [0.29, 0.717) is 0 Å². The monoisotopic (exact) mass is 557 g/mol. The first-order valence-electron chi connectivity index (χ1n) is 12.3. The molecule has 0 spiro atoms. The number of ether oxygens (including phenoxy) is 6. The molecule has 12 nitrogen and oxygen atoms in total. The van der Waals surface area contributed by atoms with Crippen molar-refractivity contribution in [2.45, 2.75) is 89.2 Å². The van der Waals surface area contributed by atoms with Gasteiger partial charge in [-0.1, -0.05) is 0 Å². The Hall–Kier alpha value is -2.13. The van der Waals surface area contributed by atoms with Crippen LogP contribution in [0.1, 0.15) is 41.5 Å². The van der Waals surface area contributed by atoms with Crippen LogP contribution in [-0.2, 0) is 47.6 Å². The van der Waals surface area contributed by atoms with Gasteiger partial charge in [0.2, 0.25) is 5.91 Å². The van der Waals surface area contributed by atoms with E-state index in [1.54, 1.807) is 41.5 Å². The molecule has 1 amide bonds. The van der Waals surface area contributed by atoms with Gasteiger partial charge in [-0.3, -0.25) is 13.8 Å². The third-order valence-corrected chi connectivity index (χ3v) is 7.76. The summed E-state index contributed by atoms with van der Waals surface area (Å²) in [4.78, 5) is 23.7. The molecular weight excluding hydrogens is 522 g/mol. The Kier molecular flexibility index (Phi) is 7.94. The van der Waals surface area contributed by atoms with E-state index in [2.05, 4.69) is 5.32 Å². The second kappa shape index (κ2) is 10.5. The summed E-state index contributed by atoms with van der Waals surface area (Å²) < 4.78 is 66.0. The second-order valence-electron chi connectivity index (χ2n) is 11.0. The van der Waals surface area contributed by atoms with Gasteiger partial charge in [0, 0.05) is 7.11 Å². The standard InChI is InChI=1S/C25H35NO11S/c1-13-20(27)26-21(13)34-16(17-18(31-7)19-22(35-17)37-25(5,6)36-19)12-32-38(29,30)15-10-8-14(9-11-15)33-23(28)24(2,3)4/h8-11,13,16-19,21-22H,12H2,1-7H3,(H,26,27)/t13-,16-,17-,18+,19-,21-,22-/m1/s1. The van der Waals surface area contributed by atoms with Crippen molar-refractivity contribution in [2.24, 2.45) is 11.3 Å². The topological polar surface area (TPSA) is 145 Å². The number of carbonyl (C=O) groups is 2. The Balaban J connectivity index is 1.47. The fourth-order valence-electron chi connectivity index (χ4n) is 4.22. The Morgan fingerprint density at radius 1 is 1.16 bits per heavy atom. The molecule has 3 aliphatic rings. The fraction of sp³-hybridized carbons (Fsp3) is 0.680. The highest BCUT2D eigenvalue weighted by Gasteiger charge is 2.58. The third-order valence-electron chi connectivity index (χ3n) is 6.46. The summed E-state index contributed by atoms with van der Waals surface area (Å²) in [6, 6.07) is 5.31. The first-order chi connectivity index (χ1) is 17.6. The number of rotatable bonds is 9. The molecule has 0 radical (unpaired) electrons. The van der Waals surface area contributed by atoms with Crippen LogP contribution >= 0.6 is 0 Å². The molecule has 4 rings (SSSR count). The Labute approximate surface area is 222 Å². The molecule has 38 heavy (non-hydrogen) atoms. The molecule has 0 aliphatic carbocycles. The summed E-state index contributed by atoms with van der Waals surface area (Å²) in [5.74, 6) is -1.75. The zero-order valence-corrected chi connectivity index (χ0v) is 23.3. The molecule has 1 aromatic rings. The molecule has 0 saturated carbocycles. The smallest absolute Gasteiger partial charge is 0.316 e. The first-order valence-corrected chi connectivity index (χ1v) is 13.7. The van der Waals surface area contributed by atoms with Gasteiger partial charge in [-0.2, -0.15) is 8.42 Å². The summed E-state index contributed by atoms with van der Waals surface area (Å²) in [6.07, 6.45) is -4.41.